The molecule has 3 aromatic rings. The van der Waals surface area contributed by atoms with Crippen molar-refractivity contribution in [3.63, 3.8) is 0 Å². The van der Waals surface area contributed by atoms with Crippen LogP contribution in [-0.4, -0.2) is 76.9 Å². The molecule has 12 nitrogen and oxygen atoms in total. The largest absolute Gasteiger partial charge is 1.00 e. The average Bonchev–Trinajstić information content (AvgIpc) is 2.99. The van der Waals surface area contributed by atoms with Crippen LogP contribution < -0.4 is 34.9 Å². The summed E-state index contributed by atoms with van der Waals surface area (Å²) in [6.45, 7) is 16.1. The van der Waals surface area contributed by atoms with Gasteiger partial charge in [-0.1, -0.05) is 39.8 Å². The van der Waals surface area contributed by atoms with Crippen molar-refractivity contribution < 1.29 is 79.7 Å². The number of aromatic hydroxyl groups is 4. The molecule has 51 heavy (non-hydrogen) atoms. The van der Waals surface area contributed by atoms with Gasteiger partial charge in [-0.05, 0) is 75.5 Å². The number of aliphatic imine (C=N–C) groups is 1. The quantitative estimate of drug-likeness (QED) is 0.0698. The fourth-order valence-electron chi connectivity index (χ4n) is 6.58. The van der Waals surface area contributed by atoms with Gasteiger partial charge in [-0.15, -0.1) is 0 Å². The van der Waals surface area contributed by atoms with Gasteiger partial charge in [0, 0.05) is 57.1 Å². The molecule has 2 unspecified atom stereocenters. The first kappa shape index (κ1) is 41.3. The van der Waals surface area contributed by atoms with Crippen LogP contribution in [0.1, 0.15) is 101 Å². The number of aliphatic carboxylic acids is 2. The Hall–Kier alpha value is -4.10. The van der Waals surface area contributed by atoms with Crippen LogP contribution in [-0.2, 0) is 14.4 Å². The van der Waals surface area contributed by atoms with E-state index in [0.717, 1.165) is 6.21 Å². The number of aliphatic hydroxyl groups is 1. The predicted molar refractivity (Wildman–Crippen MR) is 190 cm³/mol. The van der Waals surface area contributed by atoms with Gasteiger partial charge >= 0.3 is 41.5 Å². The number of ketones is 1. The second kappa shape index (κ2) is 14.5. The van der Waals surface area contributed by atoms with E-state index in [4.69, 9.17) is 0 Å². The molecule has 0 saturated carbocycles. The van der Waals surface area contributed by atoms with Crippen molar-refractivity contribution >= 4 is 40.3 Å². The number of hydrogen-bond acceptors (Lipinski definition) is 10. The monoisotopic (exact) mass is 713 g/mol. The van der Waals surface area contributed by atoms with E-state index in [-0.39, 0.29) is 74.6 Å². The Morgan fingerprint density at radius 2 is 1.39 bits per heavy atom. The molecular weight excluding hydrogens is 667 g/mol. The fraction of sp³-hybridized carbons (Fsp3) is 0.421. The third-order valence-corrected chi connectivity index (χ3v) is 9.52. The minimum absolute atomic E-state index is 0. The van der Waals surface area contributed by atoms with Crippen LogP contribution in [0.25, 0.3) is 27.5 Å². The molecule has 0 amide bonds. The van der Waals surface area contributed by atoms with Crippen molar-refractivity contribution in [2.45, 2.75) is 98.3 Å². The zero-order valence-corrected chi connectivity index (χ0v) is 32.9. The molecule has 2 atom stereocenters. The number of carbonyl (C=O) groups is 3. The van der Waals surface area contributed by atoms with E-state index >= 15 is 0 Å². The van der Waals surface area contributed by atoms with Crippen LogP contribution in [0.5, 0.6) is 23.0 Å². The summed E-state index contributed by atoms with van der Waals surface area (Å²) in [6.07, 6.45) is 0.777. The molecule has 8 N–H and O–H groups in total. The second-order valence-electron chi connectivity index (χ2n) is 14.7. The smallest absolute Gasteiger partial charge is 0.507 e. The van der Waals surface area contributed by atoms with Crippen molar-refractivity contribution in [1.29, 1.82) is 0 Å². The molecule has 0 spiro atoms. The van der Waals surface area contributed by atoms with E-state index in [1.165, 1.54) is 33.9 Å². The Morgan fingerprint density at radius 3 is 1.90 bits per heavy atom. The number of carboxylic acids is 2. The third-order valence-electron chi connectivity index (χ3n) is 9.52. The van der Waals surface area contributed by atoms with E-state index in [2.05, 4.69) is 10.3 Å². The second-order valence-corrected chi connectivity index (χ2v) is 14.7. The number of nitrogens with one attached hydrogen (secondary N) is 1. The molecule has 0 bridgehead atoms. The molecule has 0 saturated heterocycles. The van der Waals surface area contributed by atoms with Crippen LogP contribution in [0.4, 0.5) is 0 Å². The summed E-state index contributed by atoms with van der Waals surface area (Å²) in [5.74, 6) is -6.39. The van der Waals surface area contributed by atoms with Gasteiger partial charge in [0.25, 0.3) is 0 Å². The molecule has 3 aromatic carbocycles. The average molecular weight is 714 g/mol. The fourth-order valence-corrected chi connectivity index (χ4v) is 6.58. The first-order valence-electron chi connectivity index (χ1n) is 16.3. The summed E-state index contributed by atoms with van der Waals surface area (Å²) in [4.78, 5) is 41.6. The summed E-state index contributed by atoms with van der Waals surface area (Å²) in [7, 11) is 0. The number of Topliss-reactive ketones (excluding diaryl/α,β-unsaturated/α-hetero) is 1. The Labute approximate surface area is 318 Å². The number of hydrogen-bond donors (Lipinski definition) is 8. The standard InChI is InChI=1S/C38H46N2O10.Na/c1-15(2)23-19-11-17(5)25(31(43)27(19)21(29(41)33(23)45)13-39-37(7,8)35(47)48)26-18(6)12-20-24(16(3)4)34(46)30(42)22(28(20)32(26)44)14-40-38(9,10)36(49)50;/h11-16,23,33,39,42-46H,1-10H3,(H,47,48)(H,49,50);/q;+1/b21-13-,40-14?;. The van der Waals surface area contributed by atoms with Crippen LogP contribution in [0.3, 0.4) is 0 Å². The zero-order valence-electron chi connectivity index (χ0n) is 30.9. The van der Waals surface area contributed by atoms with Crippen molar-refractivity contribution in [3.8, 4) is 34.1 Å². The third kappa shape index (κ3) is 7.06. The number of fused-ring (bicyclic) bond motifs is 2. The summed E-state index contributed by atoms with van der Waals surface area (Å²) in [6, 6.07) is 3.39. The molecule has 4 rings (SSSR count). The predicted octanol–water partition coefficient (Wildman–Crippen LogP) is 2.83. The number of rotatable bonds is 9. The number of phenolic OH excluding ortho intramolecular Hbond substituents is 4. The number of carboxylic acid groups (broad SMARTS) is 2. The number of aliphatic hydroxyl groups excluding tert-OH is 1. The Kier molecular flexibility index (Phi) is 11.7. The molecular formula is C38H46N2NaO10+. The molecule has 0 aliphatic heterocycles. The van der Waals surface area contributed by atoms with Crippen molar-refractivity contribution in [1.82, 2.24) is 5.32 Å². The van der Waals surface area contributed by atoms with Crippen molar-refractivity contribution in [3.05, 3.63) is 51.7 Å². The van der Waals surface area contributed by atoms with Crippen LogP contribution in [0.15, 0.2) is 23.3 Å². The number of phenols is 4. The molecule has 1 aliphatic carbocycles. The van der Waals surface area contributed by atoms with Crippen molar-refractivity contribution in [2.24, 2.45) is 10.9 Å². The molecule has 0 heterocycles. The molecule has 0 aromatic heterocycles. The maximum Gasteiger partial charge on any atom is 1.00 e. The van der Waals surface area contributed by atoms with Crippen LogP contribution in [0.2, 0.25) is 0 Å². The SMILES string of the molecule is Cc1cc2c(c(O)c1-c1c(C)cc3c(C(C)C)c(O)c(O)c(C=NC(C)(C)C(=O)O)c3c1O)/C(=C/NC(C)(C)C(=O)O)C(=O)C(O)C2C(C)C.[Na+]. The van der Waals surface area contributed by atoms with E-state index in [1.807, 2.05) is 13.8 Å². The number of aryl methyl sites for hydroxylation is 2. The van der Waals surface area contributed by atoms with Gasteiger partial charge in [-0.2, -0.15) is 0 Å². The minimum Gasteiger partial charge on any atom is -0.507 e. The summed E-state index contributed by atoms with van der Waals surface area (Å²) < 4.78 is 0. The topological polar surface area (TPSA) is 217 Å². The van der Waals surface area contributed by atoms with E-state index in [0.29, 0.717) is 27.6 Å². The number of nitrogens with zero attached hydrogens (tertiary/aromatic N) is 1. The Balaban J connectivity index is 0.00000702. The molecule has 268 valence electrons. The molecule has 0 fully saturated rings. The van der Waals surface area contributed by atoms with Gasteiger partial charge in [-0.3, -0.25) is 9.79 Å². The van der Waals surface area contributed by atoms with Crippen LogP contribution in [0, 0.1) is 19.8 Å². The Bertz CT molecular complexity index is 2010. The maximum atomic E-state index is 13.7. The van der Waals surface area contributed by atoms with Crippen molar-refractivity contribution in [2.75, 3.05) is 0 Å². The summed E-state index contributed by atoms with van der Waals surface area (Å²) in [5.41, 5.74) is -1.43. The van der Waals surface area contributed by atoms with Gasteiger partial charge in [0.1, 0.15) is 23.1 Å². The molecule has 0 radical (unpaired) electrons. The summed E-state index contributed by atoms with van der Waals surface area (Å²) in [5, 5.41) is 80.3. The normalized spacial score (nSPS) is 17.4. The maximum absolute atomic E-state index is 13.7. The summed E-state index contributed by atoms with van der Waals surface area (Å²) >= 11 is 0. The van der Waals surface area contributed by atoms with E-state index in [1.54, 1.807) is 39.8 Å². The van der Waals surface area contributed by atoms with Gasteiger partial charge in [-0.25, -0.2) is 9.59 Å². The molecule has 1 aliphatic rings. The van der Waals surface area contributed by atoms with E-state index < -0.39 is 63.8 Å². The first-order chi connectivity index (χ1) is 23.0. The van der Waals surface area contributed by atoms with Gasteiger partial charge < -0.3 is 41.1 Å². The van der Waals surface area contributed by atoms with Gasteiger partial charge in [0.15, 0.2) is 22.8 Å². The zero-order chi connectivity index (χ0) is 37.9. The first-order valence-corrected chi connectivity index (χ1v) is 16.3. The molecule has 13 heteroatoms. The number of carbonyl (C=O) groups excluding carboxylic acids is 1. The van der Waals surface area contributed by atoms with Gasteiger partial charge in [0.2, 0.25) is 0 Å². The van der Waals surface area contributed by atoms with Gasteiger partial charge in [0.05, 0.1) is 0 Å². The minimum atomic E-state index is -1.63. The Morgan fingerprint density at radius 1 is 0.843 bits per heavy atom. The van der Waals surface area contributed by atoms with E-state index in [9.17, 15) is 50.1 Å². The number of benzene rings is 3. The van der Waals surface area contributed by atoms with Crippen LogP contribution >= 0.6 is 0 Å².